The van der Waals surface area contributed by atoms with Gasteiger partial charge >= 0.3 is 0 Å². The summed E-state index contributed by atoms with van der Waals surface area (Å²) in [6.07, 6.45) is 0. The van der Waals surface area contributed by atoms with Crippen LogP contribution in [0.4, 0.5) is 11.4 Å². The van der Waals surface area contributed by atoms with Crippen LogP contribution in [0.2, 0.25) is 0 Å². The standard InChI is InChI=1S/C21H21N5O3S/c1-12-8-4-6-10-16(12)23-19(28)13(2)30-21-24-20(29)18(25-26-21)15-9-5-7-11-17(15)22-14(3)27/h4-11,13H,1-3H3,(H,22,27)(H,23,28)(H,24,26,29). The molecule has 0 spiro atoms. The number of amides is 2. The average Bonchev–Trinajstić information content (AvgIpc) is 2.70. The van der Waals surface area contributed by atoms with Gasteiger partial charge in [0.1, 0.15) is 0 Å². The predicted octanol–water partition coefficient (Wildman–Crippen LogP) is 3.22. The Bertz CT molecular complexity index is 1150. The number of hydrogen-bond donors (Lipinski definition) is 3. The van der Waals surface area contributed by atoms with Gasteiger partial charge in [-0.3, -0.25) is 19.4 Å². The minimum atomic E-state index is -0.507. The normalized spacial score (nSPS) is 11.6. The van der Waals surface area contributed by atoms with Crippen molar-refractivity contribution in [3.8, 4) is 11.3 Å². The van der Waals surface area contributed by atoms with Crippen LogP contribution in [-0.4, -0.2) is 32.2 Å². The summed E-state index contributed by atoms with van der Waals surface area (Å²) >= 11 is 1.10. The largest absolute Gasteiger partial charge is 0.326 e. The number of carbonyl (C=O) groups excluding carboxylic acids is 2. The fourth-order valence-electron chi connectivity index (χ4n) is 2.71. The third kappa shape index (κ3) is 5.12. The van der Waals surface area contributed by atoms with E-state index in [0.29, 0.717) is 11.3 Å². The summed E-state index contributed by atoms with van der Waals surface area (Å²) in [6, 6.07) is 14.3. The molecule has 8 nitrogen and oxygen atoms in total. The van der Waals surface area contributed by atoms with Crippen LogP contribution < -0.4 is 16.2 Å². The van der Waals surface area contributed by atoms with E-state index in [-0.39, 0.29) is 22.7 Å². The van der Waals surface area contributed by atoms with Crippen molar-refractivity contribution in [1.82, 2.24) is 15.2 Å². The topological polar surface area (TPSA) is 117 Å². The number of nitrogens with one attached hydrogen (secondary N) is 3. The summed E-state index contributed by atoms with van der Waals surface area (Å²) in [5, 5.41) is 13.3. The molecule has 3 aromatic rings. The number of thioether (sulfide) groups is 1. The zero-order valence-electron chi connectivity index (χ0n) is 16.7. The molecule has 30 heavy (non-hydrogen) atoms. The van der Waals surface area contributed by atoms with Crippen molar-refractivity contribution < 1.29 is 9.59 Å². The van der Waals surface area contributed by atoms with Gasteiger partial charge in [0.25, 0.3) is 5.56 Å². The van der Waals surface area contributed by atoms with Gasteiger partial charge in [0.05, 0.1) is 10.9 Å². The van der Waals surface area contributed by atoms with E-state index >= 15 is 0 Å². The van der Waals surface area contributed by atoms with Gasteiger partial charge in [-0.1, -0.05) is 48.2 Å². The fourth-order valence-corrected chi connectivity index (χ4v) is 3.45. The van der Waals surface area contributed by atoms with Crippen LogP contribution in [0.1, 0.15) is 19.4 Å². The van der Waals surface area contributed by atoms with Crippen molar-refractivity contribution in [3.63, 3.8) is 0 Å². The summed E-state index contributed by atoms with van der Waals surface area (Å²) in [5.41, 5.74) is 2.25. The number of aryl methyl sites for hydroxylation is 1. The molecule has 0 aliphatic carbocycles. The number of hydrogen-bond acceptors (Lipinski definition) is 6. The second-order valence-electron chi connectivity index (χ2n) is 6.60. The maximum absolute atomic E-state index is 12.6. The maximum Gasteiger partial charge on any atom is 0.278 e. The molecule has 1 aromatic heterocycles. The average molecular weight is 423 g/mol. The van der Waals surface area contributed by atoms with Crippen molar-refractivity contribution >= 4 is 35.0 Å². The van der Waals surface area contributed by atoms with Crippen LogP contribution >= 0.6 is 11.8 Å². The van der Waals surface area contributed by atoms with Gasteiger partial charge in [0.15, 0.2) is 10.9 Å². The summed E-state index contributed by atoms with van der Waals surface area (Å²) < 4.78 is 0. The molecule has 0 aliphatic heterocycles. The lowest BCUT2D eigenvalue weighted by Gasteiger charge is -2.13. The lowest BCUT2D eigenvalue weighted by Crippen LogP contribution is -2.24. The molecule has 0 aliphatic rings. The third-order valence-corrected chi connectivity index (χ3v) is 5.20. The number of anilines is 2. The molecule has 1 heterocycles. The Morgan fingerprint density at radius 1 is 1.00 bits per heavy atom. The fraction of sp³-hybridized carbons (Fsp3) is 0.190. The summed E-state index contributed by atoms with van der Waals surface area (Å²) in [4.78, 5) is 39.1. The number of aromatic nitrogens is 3. The number of rotatable bonds is 6. The molecule has 9 heteroatoms. The zero-order chi connectivity index (χ0) is 21.7. The van der Waals surface area contributed by atoms with E-state index < -0.39 is 10.8 Å². The van der Waals surface area contributed by atoms with E-state index in [1.54, 1.807) is 31.2 Å². The maximum atomic E-state index is 12.6. The highest BCUT2D eigenvalue weighted by Gasteiger charge is 2.18. The quantitative estimate of drug-likeness (QED) is 0.524. The highest BCUT2D eigenvalue weighted by atomic mass is 32.2. The zero-order valence-corrected chi connectivity index (χ0v) is 17.5. The summed E-state index contributed by atoms with van der Waals surface area (Å²) in [6.45, 7) is 5.02. The number of nitrogens with zero attached hydrogens (tertiary/aromatic N) is 2. The molecule has 0 saturated heterocycles. The van der Waals surface area contributed by atoms with Crippen molar-refractivity contribution in [3.05, 3.63) is 64.4 Å². The van der Waals surface area contributed by atoms with Crippen molar-refractivity contribution in [2.24, 2.45) is 0 Å². The van der Waals surface area contributed by atoms with E-state index in [1.165, 1.54) is 6.92 Å². The van der Waals surface area contributed by atoms with Gasteiger partial charge in [-0.05, 0) is 31.5 Å². The molecule has 1 unspecified atom stereocenters. The highest BCUT2D eigenvalue weighted by Crippen LogP contribution is 2.25. The molecule has 0 saturated carbocycles. The SMILES string of the molecule is CC(=O)Nc1ccccc1-c1nnc(SC(C)C(=O)Nc2ccccc2C)[nH]c1=O. The summed E-state index contributed by atoms with van der Waals surface area (Å²) in [7, 11) is 0. The second kappa shape index (κ2) is 9.36. The van der Waals surface area contributed by atoms with Gasteiger partial charge < -0.3 is 10.6 Å². The molecule has 0 bridgehead atoms. The van der Waals surface area contributed by atoms with Crippen LogP contribution in [0.25, 0.3) is 11.3 Å². The number of aromatic amines is 1. The van der Waals surface area contributed by atoms with Crippen LogP contribution in [0.15, 0.2) is 58.5 Å². The van der Waals surface area contributed by atoms with Crippen molar-refractivity contribution in [2.75, 3.05) is 10.6 Å². The van der Waals surface area contributed by atoms with Crippen molar-refractivity contribution in [1.29, 1.82) is 0 Å². The minimum absolute atomic E-state index is 0.0840. The molecule has 2 amide bonds. The van der Waals surface area contributed by atoms with Gasteiger partial charge in [0, 0.05) is 18.2 Å². The predicted molar refractivity (Wildman–Crippen MR) is 118 cm³/mol. The molecule has 1 atom stereocenters. The van der Waals surface area contributed by atoms with Crippen molar-refractivity contribution in [2.45, 2.75) is 31.2 Å². The van der Waals surface area contributed by atoms with Crippen LogP contribution in [0.5, 0.6) is 0 Å². The number of benzene rings is 2. The van der Waals surface area contributed by atoms with E-state index in [2.05, 4.69) is 25.8 Å². The molecule has 2 aromatic carbocycles. The van der Waals surface area contributed by atoms with Gasteiger partial charge in [0.2, 0.25) is 11.8 Å². The highest BCUT2D eigenvalue weighted by molar-refractivity contribution is 8.00. The number of carbonyl (C=O) groups is 2. The van der Waals surface area contributed by atoms with Crippen LogP contribution in [0, 0.1) is 6.92 Å². The van der Waals surface area contributed by atoms with Gasteiger partial charge in [-0.2, -0.15) is 0 Å². The van der Waals surface area contributed by atoms with Gasteiger partial charge in [-0.25, -0.2) is 0 Å². The molecular formula is C21H21N5O3S. The first-order valence-electron chi connectivity index (χ1n) is 9.22. The van der Waals surface area contributed by atoms with E-state index in [9.17, 15) is 14.4 Å². The summed E-state index contributed by atoms with van der Waals surface area (Å²) in [5.74, 6) is -0.468. The van der Waals surface area contributed by atoms with Crippen LogP contribution in [-0.2, 0) is 9.59 Å². The first kappa shape index (κ1) is 21.3. The Labute approximate surface area is 177 Å². The lowest BCUT2D eigenvalue weighted by molar-refractivity contribution is -0.115. The molecule has 0 fully saturated rings. The van der Waals surface area contributed by atoms with Gasteiger partial charge in [-0.15, -0.1) is 10.2 Å². The molecule has 0 radical (unpaired) electrons. The van der Waals surface area contributed by atoms with E-state index in [4.69, 9.17) is 0 Å². The first-order valence-corrected chi connectivity index (χ1v) is 10.1. The van der Waals surface area contributed by atoms with Crippen LogP contribution in [0.3, 0.4) is 0 Å². The minimum Gasteiger partial charge on any atom is -0.326 e. The monoisotopic (exact) mass is 423 g/mol. The Kier molecular flexibility index (Phi) is 6.63. The Balaban J connectivity index is 1.76. The lowest BCUT2D eigenvalue weighted by atomic mass is 10.1. The molecule has 3 rings (SSSR count). The Morgan fingerprint density at radius 3 is 2.33 bits per heavy atom. The Morgan fingerprint density at radius 2 is 1.67 bits per heavy atom. The molecule has 3 N–H and O–H groups in total. The second-order valence-corrected chi connectivity index (χ2v) is 7.93. The molecule has 154 valence electrons. The first-order chi connectivity index (χ1) is 14.3. The van der Waals surface area contributed by atoms with E-state index in [0.717, 1.165) is 23.0 Å². The Hall–Kier alpha value is -3.46. The van der Waals surface area contributed by atoms with E-state index in [1.807, 2.05) is 31.2 Å². The molecular weight excluding hydrogens is 402 g/mol. The number of para-hydroxylation sites is 2. The smallest absolute Gasteiger partial charge is 0.278 e. The number of H-pyrrole nitrogens is 1. The third-order valence-electron chi connectivity index (χ3n) is 4.23.